The van der Waals surface area contributed by atoms with Gasteiger partial charge in [-0.25, -0.2) is 9.59 Å². The Labute approximate surface area is 355 Å². The minimum absolute atomic E-state index is 0.125. The number of hydrogen-bond acceptors (Lipinski definition) is 6. The molecule has 7 rings (SSSR count). The Hall–Kier alpha value is -6.66. The summed E-state index contributed by atoms with van der Waals surface area (Å²) in [5.74, 6) is 0.0766. The third-order valence-corrected chi connectivity index (χ3v) is 11.6. The molecule has 6 heteroatoms. The van der Waals surface area contributed by atoms with Crippen LogP contribution >= 0.6 is 0 Å². The van der Waals surface area contributed by atoms with Gasteiger partial charge in [-0.3, -0.25) is 0 Å². The maximum atomic E-state index is 12.2. The first-order valence-electron chi connectivity index (χ1n) is 21.0. The van der Waals surface area contributed by atoms with E-state index in [4.69, 9.17) is 9.47 Å². The fourth-order valence-electron chi connectivity index (χ4n) is 8.13. The van der Waals surface area contributed by atoms with Crippen LogP contribution in [0.15, 0.2) is 170 Å². The molecule has 6 aromatic carbocycles. The van der Waals surface area contributed by atoms with Crippen molar-refractivity contribution in [1.82, 2.24) is 0 Å². The first-order chi connectivity index (χ1) is 29.1. The normalized spacial score (nSPS) is 13.2. The lowest BCUT2D eigenvalue weighted by molar-refractivity contribution is -0.130. The molecule has 0 saturated heterocycles. The van der Waals surface area contributed by atoms with Crippen molar-refractivity contribution in [3.63, 3.8) is 0 Å². The summed E-state index contributed by atoms with van der Waals surface area (Å²) >= 11 is 0. The van der Waals surface area contributed by atoms with E-state index in [1.165, 1.54) is 41.5 Å². The van der Waals surface area contributed by atoms with Crippen molar-refractivity contribution in [3.05, 3.63) is 192 Å². The molecule has 0 amide bonds. The lowest BCUT2D eigenvalue weighted by Crippen LogP contribution is -2.30. The molecule has 0 radical (unpaired) electrons. The molecule has 1 saturated carbocycles. The van der Waals surface area contributed by atoms with E-state index in [1.54, 1.807) is 13.8 Å². The summed E-state index contributed by atoms with van der Waals surface area (Å²) in [7, 11) is 0. The predicted molar refractivity (Wildman–Crippen MR) is 246 cm³/mol. The minimum Gasteiger partial charge on any atom is -0.423 e. The summed E-state index contributed by atoms with van der Waals surface area (Å²) in [6.07, 6.45) is 7.64. The van der Waals surface area contributed by atoms with Gasteiger partial charge in [0, 0.05) is 50.7 Å². The Kier molecular flexibility index (Phi) is 12.8. The monoisotopic (exact) mass is 794 g/mol. The minimum atomic E-state index is -0.439. The molecule has 0 unspecified atom stereocenters. The highest BCUT2D eigenvalue weighted by atomic mass is 16.5. The number of carbonyl (C=O) groups is 2. The number of nitrogens with zero attached hydrogens (tertiary/aromatic N) is 2. The molecule has 60 heavy (non-hydrogen) atoms. The third kappa shape index (κ3) is 9.14. The second kappa shape index (κ2) is 18.5. The number of ether oxygens (including phenoxy) is 2. The van der Waals surface area contributed by atoms with E-state index in [9.17, 15) is 9.59 Å². The highest BCUT2D eigenvalue weighted by molar-refractivity contribution is 5.89. The predicted octanol–water partition coefficient (Wildman–Crippen LogP) is 14.0. The average molecular weight is 795 g/mol. The number of esters is 2. The van der Waals surface area contributed by atoms with E-state index in [-0.39, 0.29) is 5.41 Å². The van der Waals surface area contributed by atoms with E-state index in [1.807, 2.05) is 48.5 Å². The molecule has 6 aromatic rings. The summed E-state index contributed by atoms with van der Waals surface area (Å²) < 4.78 is 11.0. The Morgan fingerprint density at radius 3 is 1.03 bits per heavy atom. The molecule has 304 valence electrons. The van der Waals surface area contributed by atoms with Gasteiger partial charge in [-0.1, -0.05) is 94.8 Å². The zero-order chi connectivity index (χ0) is 42.2. The molecule has 0 aromatic heterocycles. The van der Waals surface area contributed by atoms with Crippen molar-refractivity contribution in [2.24, 2.45) is 0 Å². The van der Waals surface area contributed by atoms with Gasteiger partial charge in [-0.15, -0.1) is 0 Å². The molecule has 1 aliphatic carbocycles. The van der Waals surface area contributed by atoms with Gasteiger partial charge in [0.1, 0.15) is 11.5 Å². The number of benzene rings is 6. The van der Waals surface area contributed by atoms with Gasteiger partial charge in [0.05, 0.1) is 0 Å². The fourth-order valence-corrected chi connectivity index (χ4v) is 8.13. The van der Waals surface area contributed by atoms with Crippen LogP contribution in [-0.4, -0.2) is 11.9 Å². The van der Waals surface area contributed by atoms with Crippen LogP contribution in [0, 0.1) is 0 Å². The average Bonchev–Trinajstić information content (AvgIpc) is 3.28. The maximum absolute atomic E-state index is 12.2. The molecule has 6 nitrogen and oxygen atoms in total. The Balaban J connectivity index is 1.22. The van der Waals surface area contributed by atoms with E-state index < -0.39 is 11.9 Å². The fraction of sp³-hybridized carbons (Fsp3) is 0.222. The molecule has 1 aliphatic rings. The van der Waals surface area contributed by atoms with Gasteiger partial charge < -0.3 is 19.3 Å². The molecule has 1 fully saturated rings. The van der Waals surface area contributed by atoms with Gasteiger partial charge in [0.15, 0.2) is 0 Å². The van der Waals surface area contributed by atoms with Crippen LogP contribution in [-0.2, 0) is 27.8 Å². The lowest BCUT2D eigenvalue weighted by atomic mass is 9.65. The molecular weight excluding hydrogens is 741 g/mol. The number of carbonyl (C=O) groups excluding carboxylic acids is 2. The Morgan fingerprint density at radius 1 is 0.467 bits per heavy atom. The maximum Gasteiger partial charge on any atom is 0.338 e. The molecule has 0 N–H and O–H groups in total. The van der Waals surface area contributed by atoms with Crippen molar-refractivity contribution in [3.8, 4) is 11.5 Å². The van der Waals surface area contributed by atoms with Crippen molar-refractivity contribution in [2.45, 2.75) is 78.1 Å². The second-order valence-corrected chi connectivity index (χ2v) is 15.8. The summed E-state index contributed by atoms with van der Waals surface area (Å²) in [5.41, 5.74) is 11.9. The van der Waals surface area contributed by atoms with Crippen LogP contribution in [0.2, 0.25) is 0 Å². The highest BCUT2D eigenvalue weighted by Gasteiger charge is 2.36. The van der Waals surface area contributed by atoms with Crippen LogP contribution < -0.4 is 19.3 Å². The Morgan fingerprint density at radius 2 is 0.750 bits per heavy atom. The zero-order valence-corrected chi connectivity index (χ0v) is 35.2. The van der Waals surface area contributed by atoms with Gasteiger partial charge >= 0.3 is 11.9 Å². The number of hydrogen-bond donors (Lipinski definition) is 0. The van der Waals surface area contributed by atoms with Crippen molar-refractivity contribution >= 4 is 46.1 Å². The van der Waals surface area contributed by atoms with E-state index in [0.717, 1.165) is 59.8 Å². The molecule has 0 atom stereocenters. The number of aryl methyl sites for hydroxylation is 2. The zero-order valence-electron chi connectivity index (χ0n) is 35.2. The van der Waals surface area contributed by atoms with Crippen molar-refractivity contribution < 1.29 is 19.1 Å². The first kappa shape index (κ1) is 41.5. The van der Waals surface area contributed by atoms with Crippen LogP contribution in [0.25, 0.3) is 0 Å². The quantitative estimate of drug-likeness (QED) is 0.0622. The van der Waals surface area contributed by atoms with Crippen molar-refractivity contribution in [2.75, 3.05) is 9.80 Å². The standard InChI is InChI=1S/C54H54N2O4/c1-7-40-12-20-44(21-13-40)55(48-28-32-50(33-29-48)59-52(57)38(3)4)46-24-16-42(17-25-46)54(36-10-9-11-37-54)43-18-26-47(27-19-43)56(45-22-14-41(8-2)15-23-45)49-30-34-51(35-31-49)60-53(58)39(5)6/h12-35H,3,5,7-11,36-37H2,1-2,4,6H3. The highest BCUT2D eigenvalue weighted by Crippen LogP contribution is 2.47. The largest absolute Gasteiger partial charge is 0.423 e. The van der Waals surface area contributed by atoms with Crippen LogP contribution in [0.3, 0.4) is 0 Å². The molecular formula is C54H54N2O4. The summed E-state index contributed by atoms with van der Waals surface area (Å²) in [4.78, 5) is 28.9. The van der Waals surface area contributed by atoms with E-state index in [2.05, 4.69) is 134 Å². The number of anilines is 6. The topological polar surface area (TPSA) is 59.1 Å². The van der Waals surface area contributed by atoms with Crippen LogP contribution in [0.1, 0.15) is 82.1 Å². The van der Waals surface area contributed by atoms with Crippen LogP contribution in [0.4, 0.5) is 34.1 Å². The van der Waals surface area contributed by atoms with E-state index in [0.29, 0.717) is 22.6 Å². The second-order valence-electron chi connectivity index (χ2n) is 15.8. The van der Waals surface area contributed by atoms with Crippen LogP contribution in [0.5, 0.6) is 11.5 Å². The lowest BCUT2D eigenvalue weighted by Gasteiger charge is -2.39. The van der Waals surface area contributed by atoms with Crippen molar-refractivity contribution in [1.29, 1.82) is 0 Å². The summed E-state index contributed by atoms with van der Waals surface area (Å²) in [6, 6.07) is 50.9. The Bertz CT molecular complexity index is 2260. The molecule has 0 heterocycles. The third-order valence-electron chi connectivity index (χ3n) is 11.6. The smallest absolute Gasteiger partial charge is 0.338 e. The van der Waals surface area contributed by atoms with Gasteiger partial charge in [0.2, 0.25) is 0 Å². The summed E-state index contributed by atoms with van der Waals surface area (Å²) in [6.45, 7) is 15.0. The van der Waals surface area contributed by atoms with Gasteiger partial charge in [-0.05, 0) is 159 Å². The van der Waals surface area contributed by atoms with Gasteiger partial charge in [0.25, 0.3) is 0 Å². The molecule has 0 aliphatic heterocycles. The van der Waals surface area contributed by atoms with E-state index >= 15 is 0 Å². The summed E-state index contributed by atoms with van der Waals surface area (Å²) in [5, 5.41) is 0. The van der Waals surface area contributed by atoms with Gasteiger partial charge in [-0.2, -0.15) is 0 Å². The molecule has 0 spiro atoms. The first-order valence-corrected chi connectivity index (χ1v) is 21.0. The molecule has 0 bridgehead atoms. The SMILES string of the molecule is C=C(C)C(=O)Oc1ccc(N(c2ccc(CC)cc2)c2ccc(C3(c4ccc(N(c5ccc(CC)cc5)c5ccc(OC(=O)C(=C)C)cc5)cc4)CCCCC3)cc2)cc1. The number of rotatable bonds is 14.